The summed E-state index contributed by atoms with van der Waals surface area (Å²) in [5, 5.41) is 5.15. The van der Waals surface area contributed by atoms with Crippen molar-refractivity contribution >= 4 is 29.1 Å². The van der Waals surface area contributed by atoms with E-state index in [9.17, 15) is 27.6 Å². The lowest BCUT2D eigenvalue weighted by Gasteiger charge is -2.21. The highest BCUT2D eigenvalue weighted by Crippen LogP contribution is 2.37. The molecule has 1 heterocycles. The van der Waals surface area contributed by atoms with E-state index in [4.69, 9.17) is 5.73 Å². The maximum atomic E-state index is 15.2. The number of allylic oxidation sites excluding steroid dienone is 4. The third kappa shape index (κ3) is 9.21. The fourth-order valence-electron chi connectivity index (χ4n) is 5.16. The van der Waals surface area contributed by atoms with Crippen molar-refractivity contribution in [1.29, 1.82) is 0 Å². The molecule has 3 aromatic rings. The molecule has 0 spiro atoms. The number of aromatic nitrogens is 2. The normalized spacial score (nSPS) is 14.7. The lowest BCUT2D eigenvalue weighted by molar-refractivity contribution is -0.112. The zero-order valence-electron chi connectivity index (χ0n) is 26.1. The minimum Gasteiger partial charge on any atom is -0.399 e. The van der Waals surface area contributed by atoms with Crippen LogP contribution in [0.1, 0.15) is 68.7 Å². The highest BCUT2D eigenvalue weighted by atomic mass is 19.4. The summed E-state index contributed by atoms with van der Waals surface area (Å²) in [5.41, 5.74) is 4.96. The summed E-state index contributed by atoms with van der Waals surface area (Å²) >= 11 is 0. The molecule has 1 saturated carbocycles. The number of benzene rings is 2. The van der Waals surface area contributed by atoms with Crippen LogP contribution < -0.4 is 27.6 Å². The maximum absolute atomic E-state index is 15.2. The van der Waals surface area contributed by atoms with Crippen LogP contribution in [0.15, 0.2) is 94.3 Å². The quantitative estimate of drug-likeness (QED) is 0.0881. The molecule has 1 aromatic heterocycles. The summed E-state index contributed by atoms with van der Waals surface area (Å²) in [6, 6.07) is 9.30. The zero-order chi connectivity index (χ0) is 34.3. The van der Waals surface area contributed by atoms with E-state index in [-0.39, 0.29) is 23.5 Å². The molecule has 1 aliphatic rings. The molecule has 0 saturated heterocycles. The van der Waals surface area contributed by atoms with Gasteiger partial charge < -0.3 is 16.4 Å². The average molecular weight is 652 g/mol. The van der Waals surface area contributed by atoms with Crippen molar-refractivity contribution in [1.82, 2.24) is 9.55 Å². The van der Waals surface area contributed by atoms with Crippen molar-refractivity contribution in [3.05, 3.63) is 128 Å². The topological polar surface area (TPSA) is 122 Å². The van der Waals surface area contributed by atoms with Crippen LogP contribution in [-0.2, 0) is 4.79 Å². The Bertz CT molecular complexity index is 1850. The Morgan fingerprint density at radius 3 is 2.51 bits per heavy atom. The molecule has 1 atom stereocenters. The van der Waals surface area contributed by atoms with Gasteiger partial charge in [0.25, 0.3) is 11.5 Å². The summed E-state index contributed by atoms with van der Waals surface area (Å²) < 4.78 is 58.3. The van der Waals surface area contributed by atoms with Gasteiger partial charge in [-0.25, -0.2) is 9.18 Å². The number of alkyl halides is 3. The van der Waals surface area contributed by atoms with Crippen molar-refractivity contribution < 1.29 is 22.4 Å². The number of hydrogen-bond donors (Lipinski definition) is 4. The molecule has 0 aliphatic heterocycles. The van der Waals surface area contributed by atoms with Gasteiger partial charge in [0.2, 0.25) is 0 Å². The second-order valence-electron chi connectivity index (χ2n) is 11.3. The van der Waals surface area contributed by atoms with Crippen molar-refractivity contribution in [3.8, 4) is 0 Å². The van der Waals surface area contributed by atoms with Crippen molar-refractivity contribution in [2.75, 3.05) is 10.6 Å². The number of nitrogens with zero attached hydrogens (tertiary/aromatic N) is 1. The molecule has 8 nitrogen and oxygen atoms in total. The molecule has 5 N–H and O–H groups in total. The zero-order valence-corrected chi connectivity index (χ0v) is 26.1. The Labute approximate surface area is 269 Å². The first-order chi connectivity index (χ1) is 22.3. The molecule has 1 amide bonds. The Kier molecular flexibility index (Phi) is 11.1. The number of nitrogens with two attached hydrogens (primary N) is 1. The van der Waals surface area contributed by atoms with E-state index in [1.54, 1.807) is 30.4 Å². The molecular weight excluding hydrogens is 614 g/mol. The summed E-state index contributed by atoms with van der Waals surface area (Å²) in [6.45, 7) is 7.09. The number of hydrogen-bond acceptors (Lipinski definition) is 5. The molecular formula is C35H37F4N5O3. The van der Waals surface area contributed by atoms with Crippen LogP contribution in [0.25, 0.3) is 11.8 Å². The van der Waals surface area contributed by atoms with Crippen LogP contribution >= 0.6 is 0 Å². The van der Waals surface area contributed by atoms with E-state index in [1.807, 2.05) is 6.92 Å². The number of carbonyl (C=O) groups is 1. The third-order valence-corrected chi connectivity index (χ3v) is 7.68. The molecule has 47 heavy (non-hydrogen) atoms. The Hall–Kier alpha value is -5.13. The summed E-state index contributed by atoms with van der Waals surface area (Å²) in [7, 11) is 0. The van der Waals surface area contributed by atoms with Gasteiger partial charge in [-0.15, -0.1) is 0 Å². The van der Waals surface area contributed by atoms with Crippen LogP contribution in [0, 0.1) is 11.7 Å². The van der Waals surface area contributed by atoms with Crippen molar-refractivity contribution in [3.63, 3.8) is 0 Å². The number of H-pyrrole nitrogens is 1. The third-order valence-electron chi connectivity index (χ3n) is 7.68. The standard InChI is InChI=1S/C35H37F4N5O3/c1-4-6-23-11-13-26(20-27(23)21(3)40)41-30(19-25(7-5-2)35(37,38)39)33(46)42-29-18-24(12-14-28(29)36)31(15-10-22-8-9-22)44-17-16-32(45)43-34(44)47/h4,6-7,11-14,16-20,22,31,41H,3,5,8-10,15,40H2,1-2H3,(H,42,46)(H,43,45,47)/b6-4-,25-7-,30-19-. The van der Waals surface area contributed by atoms with E-state index in [0.717, 1.165) is 31.4 Å². The SMILES string of the molecule is C=C(N)c1cc(N/C(=C\C(=C\CC)C(F)(F)F)C(=O)Nc2cc(C(CCC3CC3)n3ccc(=O)[nH]c3=O)ccc2F)ccc1/C=C\C. The number of anilines is 2. The van der Waals surface area contributed by atoms with E-state index < -0.39 is 46.5 Å². The summed E-state index contributed by atoms with van der Waals surface area (Å²) in [6.07, 6.45) is 5.18. The number of halogens is 4. The smallest absolute Gasteiger partial charge is 0.399 e. The Balaban J connectivity index is 1.74. The van der Waals surface area contributed by atoms with Crippen molar-refractivity contribution in [2.24, 2.45) is 11.7 Å². The van der Waals surface area contributed by atoms with Gasteiger partial charge in [0.15, 0.2) is 0 Å². The predicted octanol–water partition coefficient (Wildman–Crippen LogP) is 7.25. The van der Waals surface area contributed by atoms with Crippen LogP contribution in [0.5, 0.6) is 0 Å². The minimum absolute atomic E-state index is 0.0402. The van der Waals surface area contributed by atoms with E-state index in [2.05, 4.69) is 22.2 Å². The van der Waals surface area contributed by atoms with Crippen molar-refractivity contribution in [2.45, 2.75) is 58.2 Å². The molecule has 1 fully saturated rings. The van der Waals surface area contributed by atoms with Gasteiger partial charge in [-0.05, 0) is 73.6 Å². The molecule has 248 valence electrons. The largest absolute Gasteiger partial charge is 0.416 e. The fraction of sp³-hybridized carbons (Fsp3) is 0.286. The monoisotopic (exact) mass is 651 g/mol. The van der Waals surface area contributed by atoms with Crippen LogP contribution in [0.3, 0.4) is 0 Å². The fourth-order valence-corrected chi connectivity index (χ4v) is 5.16. The lowest BCUT2D eigenvalue weighted by atomic mass is 9.99. The summed E-state index contributed by atoms with van der Waals surface area (Å²) in [4.78, 5) is 40.3. The molecule has 12 heteroatoms. The first kappa shape index (κ1) is 34.7. The minimum atomic E-state index is -4.78. The van der Waals surface area contributed by atoms with Gasteiger partial charge in [-0.1, -0.05) is 56.7 Å². The van der Waals surface area contributed by atoms with Gasteiger partial charge in [0, 0.05) is 29.2 Å². The first-order valence-electron chi connectivity index (χ1n) is 15.2. The number of aromatic amines is 1. The van der Waals surface area contributed by atoms with Crippen LogP contribution in [-0.4, -0.2) is 21.6 Å². The number of amides is 1. The maximum Gasteiger partial charge on any atom is 0.416 e. The van der Waals surface area contributed by atoms with Gasteiger partial charge in [0.1, 0.15) is 11.5 Å². The predicted molar refractivity (Wildman–Crippen MR) is 177 cm³/mol. The van der Waals surface area contributed by atoms with Crippen LogP contribution in [0.4, 0.5) is 28.9 Å². The average Bonchev–Trinajstić information content (AvgIpc) is 3.83. The molecule has 1 aliphatic carbocycles. The second-order valence-corrected chi connectivity index (χ2v) is 11.3. The Morgan fingerprint density at radius 2 is 1.89 bits per heavy atom. The number of rotatable bonds is 13. The van der Waals surface area contributed by atoms with E-state index in [1.165, 1.54) is 35.9 Å². The first-order valence-corrected chi connectivity index (χ1v) is 15.2. The second kappa shape index (κ2) is 15.0. The lowest BCUT2D eigenvalue weighted by Crippen LogP contribution is -2.32. The molecule has 2 aromatic carbocycles. The highest BCUT2D eigenvalue weighted by molar-refractivity contribution is 6.06. The molecule has 4 rings (SSSR count). The number of carbonyl (C=O) groups excluding carboxylic acids is 1. The molecule has 1 unspecified atom stereocenters. The van der Waals surface area contributed by atoms with Gasteiger partial charge in [-0.2, -0.15) is 13.2 Å². The highest BCUT2D eigenvalue weighted by Gasteiger charge is 2.33. The van der Waals surface area contributed by atoms with E-state index >= 15 is 4.39 Å². The summed E-state index contributed by atoms with van der Waals surface area (Å²) in [5.74, 6) is -1.39. The Morgan fingerprint density at radius 1 is 1.15 bits per heavy atom. The van der Waals surface area contributed by atoms with Gasteiger partial charge in [-0.3, -0.25) is 19.1 Å². The molecule has 0 bridgehead atoms. The number of nitrogens with one attached hydrogen (secondary N) is 3. The van der Waals surface area contributed by atoms with Gasteiger partial charge in [0.05, 0.1) is 17.3 Å². The molecule has 0 radical (unpaired) electrons. The van der Waals surface area contributed by atoms with E-state index in [0.29, 0.717) is 35.1 Å². The van der Waals surface area contributed by atoms with Crippen LogP contribution in [0.2, 0.25) is 0 Å². The van der Waals surface area contributed by atoms with Gasteiger partial charge >= 0.3 is 11.9 Å².